The van der Waals surface area contributed by atoms with Crippen LogP contribution in [0.15, 0.2) is 36.4 Å². The van der Waals surface area contributed by atoms with E-state index in [1.54, 1.807) is 0 Å². The van der Waals surface area contributed by atoms with Crippen LogP contribution in [0.4, 0.5) is 17.3 Å². The minimum Gasteiger partial charge on any atom is -0.394 e. The van der Waals surface area contributed by atoms with Crippen LogP contribution in [0.3, 0.4) is 0 Å². The van der Waals surface area contributed by atoms with Crippen molar-refractivity contribution in [2.45, 2.75) is 19.9 Å². The lowest BCUT2D eigenvalue weighted by atomic mass is 10.3. The molecule has 1 heterocycles. The van der Waals surface area contributed by atoms with Crippen molar-refractivity contribution >= 4 is 17.3 Å². The standard InChI is InChI=1S/C15H20N4O/c1-11(10-20)19(3)15-9-14(16-12(2)17-15)18-13-7-5-4-6-8-13/h4-9,11,20H,10H2,1-3H3,(H,16,17,18)/t11-/m1/s1. The highest BCUT2D eigenvalue weighted by Gasteiger charge is 2.12. The molecule has 1 aromatic heterocycles. The number of anilines is 3. The Bertz CT molecular complexity index is 559. The zero-order chi connectivity index (χ0) is 14.5. The molecule has 0 fully saturated rings. The fraction of sp³-hybridized carbons (Fsp3) is 0.333. The maximum Gasteiger partial charge on any atom is 0.136 e. The van der Waals surface area contributed by atoms with Gasteiger partial charge in [-0.1, -0.05) is 18.2 Å². The summed E-state index contributed by atoms with van der Waals surface area (Å²) in [4.78, 5) is 10.7. The Labute approximate surface area is 119 Å². The molecule has 0 aliphatic carbocycles. The van der Waals surface area contributed by atoms with Crippen LogP contribution >= 0.6 is 0 Å². The first kappa shape index (κ1) is 14.3. The predicted molar refractivity (Wildman–Crippen MR) is 81.4 cm³/mol. The average molecular weight is 272 g/mol. The molecular formula is C15H20N4O. The van der Waals surface area contributed by atoms with Crippen LogP contribution in [0, 0.1) is 6.92 Å². The summed E-state index contributed by atoms with van der Waals surface area (Å²) in [7, 11) is 1.91. The highest BCUT2D eigenvalue weighted by molar-refractivity contribution is 5.59. The van der Waals surface area contributed by atoms with Gasteiger partial charge in [0.2, 0.25) is 0 Å². The number of aliphatic hydroxyl groups excluding tert-OH is 1. The van der Waals surface area contributed by atoms with Gasteiger partial charge < -0.3 is 15.3 Å². The van der Waals surface area contributed by atoms with E-state index in [0.717, 1.165) is 17.3 Å². The summed E-state index contributed by atoms with van der Waals surface area (Å²) in [5, 5.41) is 12.5. The van der Waals surface area contributed by atoms with Gasteiger partial charge in [0, 0.05) is 18.8 Å². The monoisotopic (exact) mass is 272 g/mol. The molecule has 2 N–H and O–H groups in total. The molecule has 0 bridgehead atoms. The third-order valence-electron chi connectivity index (χ3n) is 3.16. The number of rotatable bonds is 5. The Morgan fingerprint density at radius 3 is 2.60 bits per heavy atom. The third-order valence-corrected chi connectivity index (χ3v) is 3.16. The zero-order valence-electron chi connectivity index (χ0n) is 12.0. The quantitative estimate of drug-likeness (QED) is 0.875. The SMILES string of the molecule is Cc1nc(Nc2ccccc2)cc(N(C)[C@H](C)CO)n1. The van der Waals surface area contributed by atoms with Crippen molar-refractivity contribution in [2.24, 2.45) is 0 Å². The van der Waals surface area contributed by atoms with E-state index in [0.29, 0.717) is 5.82 Å². The lowest BCUT2D eigenvalue weighted by Crippen LogP contribution is -2.32. The molecule has 1 atom stereocenters. The first-order chi connectivity index (χ1) is 9.60. The summed E-state index contributed by atoms with van der Waals surface area (Å²) in [6, 6.07) is 11.8. The van der Waals surface area contributed by atoms with Gasteiger partial charge >= 0.3 is 0 Å². The van der Waals surface area contributed by atoms with E-state index in [4.69, 9.17) is 0 Å². The number of aryl methyl sites for hydroxylation is 1. The number of aromatic nitrogens is 2. The molecule has 0 saturated heterocycles. The van der Waals surface area contributed by atoms with E-state index in [-0.39, 0.29) is 12.6 Å². The third kappa shape index (κ3) is 3.45. The first-order valence-corrected chi connectivity index (χ1v) is 6.61. The van der Waals surface area contributed by atoms with E-state index in [9.17, 15) is 5.11 Å². The summed E-state index contributed by atoms with van der Waals surface area (Å²) in [5.41, 5.74) is 0.981. The molecule has 0 aliphatic rings. The lowest BCUT2D eigenvalue weighted by Gasteiger charge is -2.24. The molecule has 2 aromatic rings. The Morgan fingerprint density at radius 2 is 1.95 bits per heavy atom. The average Bonchev–Trinajstić information content (AvgIpc) is 2.46. The van der Waals surface area contributed by atoms with Gasteiger partial charge in [0.15, 0.2) is 0 Å². The van der Waals surface area contributed by atoms with Crippen LogP contribution in [0.1, 0.15) is 12.7 Å². The fourth-order valence-electron chi connectivity index (χ4n) is 1.81. The van der Waals surface area contributed by atoms with Crippen LogP contribution < -0.4 is 10.2 Å². The lowest BCUT2D eigenvalue weighted by molar-refractivity contribution is 0.269. The first-order valence-electron chi connectivity index (χ1n) is 6.61. The number of likely N-dealkylation sites (N-methyl/N-ethyl adjacent to an activating group) is 1. The van der Waals surface area contributed by atoms with E-state index in [1.807, 2.05) is 62.2 Å². The van der Waals surface area contributed by atoms with Crippen molar-refractivity contribution in [3.8, 4) is 0 Å². The van der Waals surface area contributed by atoms with Crippen LogP contribution in [0.5, 0.6) is 0 Å². The molecule has 0 spiro atoms. The van der Waals surface area contributed by atoms with Crippen LogP contribution in [0.2, 0.25) is 0 Å². The molecule has 20 heavy (non-hydrogen) atoms. The molecule has 0 radical (unpaired) electrons. The summed E-state index contributed by atoms with van der Waals surface area (Å²) >= 11 is 0. The molecule has 0 saturated carbocycles. The van der Waals surface area contributed by atoms with Crippen molar-refractivity contribution in [3.05, 3.63) is 42.2 Å². The second kappa shape index (κ2) is 6.34. The van der Waals surface area contributed by atoms with E-state index >= 15 is 0 Å². The van der Waals surface area contributed by atoms with Crippen molar-refractivity contribution < 1.29 is 5.11 Å². The van der Waals surface area contributed by atoms with Crippen molar-refractivity contribution in [1.29, 1.82) is 0 Å². The van der Waals surface area contributed by atoms with Crippen molar-refractivity contribution in [1.82, 2.24) is 9.97 Å². The molecule has 1 aromatic carbocycles. The molecule has 106 valence electrons. The second-order valence-corrected chi connectivity index (χ2v) is 4.79. The van der Waals surface area contributed by atoms with Gasteiger partial charge in [-0.25, -0.2) is 9.97 Å². The van der Waals surface area contributed by atoms with E-state index < -0.39 is 0 Å². The fourth-order valence-corrected chi connectivity index (χ4v) is 1.81. The Hall–Kier alpha value is -2.14. The number of benzene rings is 1. The van der Waals surface area contributed by atoms with Crippen LogP contribution in [0.25, 0.3) is 0 Å². The summed E-state index contributed by atoms with van der Waals surface area (Å²) in [6.45, 7) is 3.89. The van der Waals surface area contributed by atoms with Crippen molar-refractivity contribution in [3.63, 3.8) is 0 Å². The minimum absolute atomic E-state index is 0.00822. The molecule has 0 aliphatic heterocycles. The van der Waals surface area contributed by atoms with Gasteiger partial charge in [-0.2, -0.15) is 0 Å². The van der Waals surface area contributed by atoms with Crippen LogP contribution in [-0.4, -0.2) is 34.8 Å². The number of aliphatic hydroxyl groups is 1. The molecule has 5 nitrogen and oxygen atoms in total. The summed E-state index contributed by atoms with van der Waals surface area (Å²) in [6.07, 6.45) is 0. The minimum atomic E-state index is 0.00822. The topological polar surface area (TPSA) is 61.3 Å². The van der Waals surface area contributed by atoms with Gasteiger partial charge in [-0.05, 0) is 26.0 Å². The number of nitrogens with zero attached hydrogens (tertiary/aromatic N) is 3. The Morgan fingerprint density at radius 1 is 1.25 bits per heavy atom. The van der Waals surface area contributed by atoms with Gasteiger partial charge in [0.25, 0.3) is 0 Å². The Kier molecular flexibility index (Phi) is 4.53. The molecule has 0 amide bonds. The van der Waals surface area contributed by atoms with Gasteiger partial charge in [0.1, 0.15) is 17.5 Å². The highest BCUT2D eigenvalue weighted by atomic mass is 16.3. The predicted octanol–water partition coefficient (Wildman–Crippen LogP) is 2.35. The summed E-state index contributed by atoms with van der Waals surface area (Å²) < 4.78 is 0. The maximum atomic E-state index is 9.24. The molecule has 5 heteroatoms. The number of hydrogen-bond donors (Lipinski definition) is 2. The highest BCUT2D eigenvalue weighted by Crippen LogP contribution is 2.20. The number of para-hydroxylation sites is 1. The largest absolute Gasteiger partial charge is 0.394 e. The molecular weight excluding hydrogens is 252 g/mol. The maximum absolute atomic E-state index is 9.24. The van der Waals surface area contributed by atoms with Gasteiger partial charge in [0.05, 0.1) is 12.6 Å². The number of hydrogen-bond acceptors (Lipinski definition) is 5. The van der Waals surface area contributed by atoms with E-state index in [2.05, 4.69) is 15.3 Å². The number of nitrogens with one attached hydrogen (secondary N) is 1. The van der Waals surface area contributed by atoms with Crippen LogP contribution in [-0.2, 0) is 0 Å². The zero-order valence-corrected chi connectivity index (χ0v) is 12.0. The van der Waals surface area contributed by atoms with Gasteiger partial charge in [-0.3, -0.25) is 0 Å². The molecule has 2 rings (SSSR count). The second-order valence-electron chi connectivity index (χ2n) is 4.79. The molecule has 0 unspecified atom stereocenters. The Balaban J connectivity index is 2.25. The van der Waals surface area contributed by atoms with E-state index in [1.165, 1.54) is 0 Å². The normalized spacial score (nSPS) is 12.0. The van der Waals surface area contributed by atoms with Crippen molar-refractivity contribution in [2.75, 3.05) is 23.9 Å². The smallest absolute Gasteiger partial charge is 0.136 e. The van der Waals surface area contributed by atoms with Gasteiger partial charge in [-0.15, -0.1) is 0 Å². The summed E-state index contributed by atoms with van der Waals surface area (Å²) in [5.74, 6) is 2.23.